The number of likely N-dealkylation sites (N-methyl/N-ethyl adjacent to an activating group) is 1. The van der Waals surface area contributed by atoms with Gasteiger partial charge in [-0.25, -0.2) is 4.39 Å². The molecule has 0 radical (unpaired) electrons. The fourth-order valence-corrected chi connectivity index (χ4v) is 4.16. The van der Waals surface area contributed by atoms with Crippen LogP contribution in [0.1, 0.15) is 28.9 Å². The van der Waals surface area contributed by atoms with E-state index in [4.69, 9.17) is 0 Å². The lowest BCUT2D eigenvalue weighted by atomic mass is 10.1. The SMILES string of the molecule is CC(=O)c1ccc(SCC(=O)NC(CN2CCN(C)CC2)c2ccccc2)c(F)c1. The third-order valence-electron chi connectivity index (χ3n) is 5.27. The van der Waals surface area contributed by atoms with Crippen molar-refractivity contribution >= 4 is 23.5 Å². The molecule has 0 bridgehead atoms. The zero-order chi connectivity index (χ0) is 21.5. The quantitative estimate of drug-likeness (QED) is 0.516. The Morgan fingerprint density at radius 3 is 2.43 bits per heavy atom. The number of nitrogens with zero attached hydrogens (tertiary/aromatic N) is 2. The molecule has 1 amide bonds. The van der Waals surface area contributed by atoms with Crippen LogP contribution in [0.4, 0.5) is 4.39 Å². The molecule has 0 aromatic heterocycles. The molecule has 160 valence electrons. The molecule has 0 saturated carbocycles. The Morgan fingerprint density at radius 2 is 1.80 bits per heavy atom. The molecule has 5 nitrogen and oxygen atoms in total. The molecule has 1 unspecified atom stereocenters. The number of Topliss-reactive ketones (excluding diaryl/α,β-unsaturated/α-hetero) is 1. The first-order valence-electron chi connectivity index (χ1n) is 10.1. The Labute approximate surface area is 181 Å². The third-order valence-corrected chi connectivity index (χ3v) is 6.32. The van der Waals surface area contributed by atoms with E-state index < -0.39 is 5.82 Å². The van der Waals surface area contributed by atoms with Gasteiger partial charge in [0.15, 0.2) is 5.78 Å². The largest absolute Gasteiger partial charge is 0.347 e. The zero-order valence-corrected chi connectivity index (χ0v) is 18.3. The molecule has 1 aliphatic heterocycles. The summed E-state index contributed by atoms with van der Waals surface area (Å²) in [6.07, 6.45) is 0. The summed E-state index contributed by atoms with van der Waals surface area (Å²) < 4.78 is 14.2. The predicted molar refractivity (Wildman–Crippen MR) is 118 cm³/mol. The van der Waals surface area contributed by atoms with Crippen molar-refractivity contribution in [3.8, 4) is 0 Å². The van der Waals surface area contributed by atoms with Crippen LogP contribution in [-0.2, 0) is 4.79 Å². The summed E-state index contributed by atoms with van der Waals surface area (Å²) in [6, 6.07) is 14.2. The number of nitrogens with one attached hydrogen (secondary N) is 1. The van der Waals surface area contributed by atoms with Gasteiger partial charge in [-0.1, -0.05) is 36.4 Å². The first-order valence-corrected chi connectivity index (χ1v) is 11.1. The number of rotatable bonds is 8. The molecular weight excluding hydrogens is 401 g/mol. The van der Waals surface area contributed by atoms with Crippen molar-refractivity contribution in [1.82, 2.24) is 15.1 Å². The maximum absolute atomic E-state index is 14.2. The van der Waals surface area contributed by atoms with E-state index in [-0.39, 0.29) is 23.5 Å². The fraction of sp³-hybridized carbons (Fsp3) is 0.391. The topological polar surface area (TPSA) is 52.7 Å². The highest BCUT2D eigenvalue weighted by Gasteiger charge is 2.21. The number of piperazine rings is 1. The van der Waals surface area contributed by atoms with E-state index in [2.05, 4.69) is 22.2 Å². The van der Waals surface area contributed by atoms with Gasteiger partial charge in [0, 0.05) is 43.2 Å². The lowest BCUT2D eigenvalue weighted by Gasteiger charge is -2.35. The Kier molecular flexibility index (Phi) is 8.01. The van der Waals surface area contributed by atoms with Crippen LogP contribution in [0, 0.1) is 5.82 Å². The van der Waals surface area contributed by atoms with Gasteiger partial charge in [0.05, 0.1) is 11.8 Å². The normalized spacial score (nSPS) is 16.2. The molecule has 0 aliphatic carbocycles. The average Bonchev–Trinajstić information content (AvgIpc) is 2.74. The van der Waals surface area contributed by atoms with Crippen LogP contribution in [0.25, 0.3) is 0 Å². The minimum absolute atomic E-state index is 0.114. The second-order valence-corrected chi connectivity index (χ2v) is 8.64. The molecule has 30 heavy (non-hydrogen) atoms. The lowest BCUT2D eigenvalue weighted by molar-refractivity contribution is -0.119. The summed E-state index contributed by atoms with van der Waals surface area (Å²) in [7, 11) is 2.12. The first kappa shape index (κ1) is 22.5. The van der Waals surface area contributed by atoms with Crippen molar-refractivity contribution in [2.45, 2.75) is 17.9 Å². The minimum atomic E-state index is -0.474. The van der Waals surface area contributed by atoms with Gasteiger partial charge in [0.25, 0.3) is 0 Å². The molecular formula is C23H28FN3O2S. The van der Waals surface area contributed by atoms with Gasteiger partial charge >= 0.3 is 0 Å². The molecule has 1 atom stereocenters. The second-order valence-electron chi connectivity index (χ2n) is 7.62. The number of benzene rings is 2. The molecule has 1 heterocycles. The van der Waals surface area contributed by atoms with Crippen molar-refractivity contribution in [1.29, 1.82) is 0 Å². The fourth-order valence-electron chi connectivity index (χ4n) is 3.42. The summed E-state index contributed by atoms with van der Waals surface area (Å²) in [4.78, 5) is 29.0. The molecule has 2 aromatic carbocycles. The lowest BCUT2D eigenvalue weighted by Crippen LogP contribution is -2.48. The van der Waals surface area contributed by atoms with Gasteiger partial charge in [0.1, 0.15) is 5.82 Å². The van der Waals surface area contributed by atoms with Crippen molar-refractivity contribution in [3.05, 3.63) is 65.5 Å². The Hall–Kier alpha value is -2.22. The highest BCUT2D eigenvalue weighted by Crippen LogP contribution is 2.23. The van der Waals surface area contributed by atoms with Crippen LogP contribution >= 0.6 is 11.8 Å². The molecule has 2 aromatic rings. The van der Waals surface area contributed by atoms with Crippen LogP contribution in [0.3, 0.4) is 0 Å². The monoisotopic (exact) mass is 429 g/mol. The number of ketones is 1. The van der Waals surface area contributed by atoms with Gasteiger partial charge in [0.2, 0.25) is 5.91 Å². The Morgan fingerprint density at radius 1 is 1.10 bits per heavy atom. The zero-order valence-electron chi connectivity index (χ0n) is 17.4. The number of halogens is 1. The number of carbonyl (C=O) groups excluding carboxylic acids is 2. The van der Waals surface area contributed by atoms with E-state index in [9.17, 15) is 14.0 Å². The predicted octanol–water partition coefficient (Wildman–Crippen LogP) is 3.23. The van der Waals surface area contributed by atoms with Crippen LogP contribution in [-0.4, -0.2) is 67.0 Å². The summed E-state index contributed by atoms with van der Waals surface area (Å²) in [5.74, 6) is -0.684. The third kappa shape index (κ3) is 6.39. The molecule has 7 heteroatoms. The minimum Gasteiger partial charge on any atom is -0.347 e. The first-order chi connectivity index (χ1) is 14.4. The smallest absolute Gasteiger partial charge is 0.230 e. The Bertz CT molecular complexity index is 870. The van der Waals surface area contributed by atoms with E-state index in [0.717, 1.165) is 50.0 Å². The Balaban J connectivity index is 1.61. The van der Waals surface area contributed by atoms with Gasteiger partial charge < -0.3 is 10.2 Å². The van der Waals surface area contributed by atoms with E-state index in [0.29, 0.717) is 10.5 Å². The number of hydrogen-bond donors (Lipinski definition) is 1. The van der Waals surface area contributed by atoms with Crippen molar-refractivity contribution in [2.24, 2.45) is 0 Å². The van der Waals surface area contributed by atoms with E-state index in [1.807, 2.05) is 30.3 Å². The highest BCUT2D eigenvalue weighted by atomic mass is 32.2. The van der Waals surface area contributed by atoms with Crippen LogP contribution < -0.4 is 5.32 Å². The van der Waals surface area contributed by atoms with Crippen molar-refractivity contribution in [3.63, 3.8) is 0 Å². The number of carbonyl (C=O) groups is 2. The average molecular weight is 430 g/mol. The number of hydrogen-bond acceptors (Lipinski definition) is 5. The van der Waals surface area contributed by atoms with Crippen LogP contribution in [0.5, 0.6) is 0 Å². The van der Waals surface area contributed by atoms with Crippen LogP contribution in [0.15, 0.2) is 53.4 Å². The number of amides is 1. The van der Waals surface area contributed by atoms with E-state index in [1.165, 1.54) is 13.0 Å². The van der Waals surface area contributed by atoms with Gasteiger partial charge in [-0.2, -0.15) is 0 Å². The van der Waals surface area contributed by atoms with Crippen LogP contribution in [0.2, 0.25) is 0 Å². The summed E-state index contributed by atoms with van der Waals surface area (Å²) in [6.45, 7) is 6.12. The van der Waals surface area contributed by atoms with Crippen molar-refractivity contribution < 1.29 is 14.0 Å². The van der Waals surface area contributed by atoms with Gasteiger partial charge in [-0.15, -0.1) is 11.8 Å². The molecule has 1 saturated heterocycles. The van der Waals surface area contributed by atoms with Crippen molar-refractivity contribution in [2.75, 3.05) is 45.5 Å². The van der Waals surface area contributed by atoms with Gasteiger partial charge in [-0.3, -0.25) is 14.5 Å². The molecule has 0 spiro atoms. The number of thioether (sulfide) groups is 1. The van der Waals surface area contributed by atoms with E-state index >= 15 is 0 Å². The maximum atomic E-state index is 14.2. The second kappa shape index (κ2) is 10.7. The molecule has 3 rings (SSSR count). The highest BCUT2D eigenvalue weighted by molar-refractivity contribution is 8.00. The molecule has 1 aliphatic rings. The molecule has 1 fully saturated rings. The maximum Gasteiger partial charge on any atom is 0.230 e. The summed E-state index contributed by atoms with van der Waals surface area (Å²) in [5, 5.41) is 3.12. The summed E-state index contributed by atoms with van der Waals surface area (Å²) >= 11 is 1.14. The standard InChI is InChI=1S/C23H28FN3O2S/c1-17(28)19-8-9-22(20(24)14-19)30-16-23(29)25-21(18-6-4-3-5-7-18)15-27-12-10-26(2)11-13-27/h3-9,14,21H,10-13,15-16H2,1-2H3,(H,25,29). The summed E-state index contributed by atoms with van der Waals surface area (Å²) in [5.41, 5.74) is 1.39. The van der Waals surface area contributed by atoms with Gasteiger partial charge in [-0.05, 0) is 31.7 Å². The van der Waals surface area contributed by atoms with E-state index in [1.54, 1.807) is 12.1 Å². The molecule has 1 N–H and O–H groups in total.